The number of hydrogen-bond acceptors (Lipinski definition) is 4. The Morgan fingerprint density at radius 1 is 1.00 bits per heavy atom. The van der Waals surface area contributed by atoms with Crippen molar-refractivity contribution in [2.24, 2.45) is 0 Å². The van der Waals surface area contributed by atoms with E-state index in [0.717, 1.165) is 33.8 Å². The van der Waals surface area contributed by atoms with Crippen LogP contribution in [-0.4, -0.2) is 19.5 Å². The Kier molecular flexibility index (Phi) is 2.98. The Labute approximate surface area is 126 Å². The number of fused-ring (bicyclic) bond motifs is 1. The summed E-state index contributed by atoms with van der Waals surface area (Å²) in [6, 6.07) is 11.8. The normalized spacial score (nSPS) is 11.1. The van der Waals surface area contributed by atoms with E-state index in [1.807, 2.05) is 53.2 Å². The van der Waals surface area contributed by atoms with Crippen LogP contribution in [0.3, 0.4) is 0 Å². The van der Waals surface area contributed by atoms with E-state index < -0.39 is 0 Å². The van der Waals surface area contributed by atoms with E-state index in [9.17, 15) is 5.11 Å². The summed E-state index contributed by atoms with van der Waals surface area (Å²) in [5, 5.41) is 9.19. The van der Waals surface area contributed by atoms with Gasteiger partial charge in [0, 0.05) is 23.5 Å². The zero-order valence-corrected chi connectivity index (χ0v) is 11.7. The molecule has 0 saturated carbocycles. The molecule has 0 aliphatic carbocycles. The van der Waals surface area contributed by atoms with Gasteiger partial charge in [-0.3, -0.25) is 0 Å². The molecule has 0 fully saturated rings. The topological polar surface area (TPSA) is 63.6 Å². The molecule has 3 heterocycles. The SMILES string of the molecule is OCc1ccc2nc(-c3ccc(-c4cnco4)cc3)cn2c1. The van der Waals surface area contributed by atoms with Crippen LogP contribution >= 0.6 is 0 Å². The zero-order valence-electron chi connectivity index (χ0n) is 11.7. The number of imidazole rings is 1. The second-order valence-corrected chi connectivity index (χ2v) is 5.03. The number of pyridine rings is 1. The molecule has 0 atom stereocenters. The summed E-state index contributed by atoms with van der Waals surface area (Å²) >= 11 is 0. The van der Waals surface area contributed by atoms with Crippen LogP contribution in [0, 0.1) is 0 Å². The molecule has 0 bridgehead atoms. The molecule has 4 rings (SSSR count). The second kappa shape index (κ2) is 5.13. The molecule has 5 heteroatoms. The van der Waals surface area contributed by atoms with Crippen LogP contribution in [0.5, 0.6) is 0 Å². The van der Waals surface area contributed by atoms with Crippen LogP contribution in [0.15, 0.2) is 65.8 Å². The summed E-state index contributed by atoms with van der Waals surface area (Å²) in [5.74, 6) is 0.745. The Hall–Kier alpha value is -2.92. The third kappa shape index (κ3) is 2.17. The van der Waals surface area contributed by atoms with Crippen molar-refractivity contribution in [1.29, 1.82) is 0 Å². The first-order chi connectivity index (χ1) is 10.8. The molecule has 0 unspecified atom stereocenters. The lowest BCUT2D eigenvalue weighted by molar-refractivity contribution is 0.281. The fourth-order valence-corrected chi connectivity index (χ4v) is 2.43. The van der Waals surface area contributed by atoms with Crippen LogP contribution in [-0.2, 0) is 6.61 Å². The summed E-state index contributed by atoms with van der Waals surface area (Å²) in [7, 11) is 0. The Balaban J connectivity index is 1.72. The lowest BCUT2D eigenvalue weighted by Crippen LogP contribution is -1.88. The number of benzene rings is 1. The lowest BCUT2D eigenvalue weighted by atomic mass is 10.1. The first kappa shape index (κ1) is 12.8. The smallest absolute Gasteiger partial charge is 0.181 e. The largest absolute Gasteiger partial charge is 0.444 e. The Morgan fingerprint density at radius 2 is 1.82 bits per heavy atom. The van der Waals surface area contributed by atoms with E-state index in [-0.39, 0.29) is 6.61 Å². The quantitative estimate of drug-likeness (QED) is 0.630. The maximum absolute atomic E-state index is 9.19. The predicted octanol–water partition coefficient (Wildman–Crippen LogP) is 3.15. The van der Waals surface area contributed by atoms with Crippen LogP contribution in [0.4, 0.5) is 0 Å². The van der Waals surface area contributed by atoms with Gasteiger partial charge in [0.25, 0.3) is 0 Å². The molecule has 3 aromatic heterocycles. The minimum atomic E-state index is 0.0231. The molecular formula is C17H13N3O2. The predicted molar refractivity (Wildman–Crippen MR) is 82.0 cm³/mol. The van der Waals surface area contributed by atoms with Gasteiger partial charge in [0.15, 0.2) is 12.2 Å². The third-order valence-electron chi connectivity index (χ3n) is 3.59. The van der Waals surface area contributed by atoms with Crippen LogP contribution < -0.4 is 0 Å². The average Bonchev–Trinajstić information content (AvgIpc) is 3.23. The number of aromatic nitrogens is 3. The number of rotatable bonds is 3. The van der Waals surface area contributed by atoms with Crippen molar-refractivity contribution < 1.29 is 9.52 Å². The highest BCUT2D eigenvalue weighted by Gasteiger charge is 2.06. The van der Waals surface area contributed by atoms with E-state index in [2.05, 4.69) is 9.97 Å². The highest BCUT2D eigenvalue weighted by Crippen LogP contribution is 2.24. The number of oxazole rings is 1. The standard InChI is InChI=1S/C17H13N3O2/c21-10-12-1-6-17-19-15(9-20(17)8-12)13-2-4-14(5-3-13)16-7-18-11-22-16/h1-9,11,21H,10H2. The minimum Gasteiger partial charge on any atom is -0.444 e. The van der Waals surface area contributed by atoms with Gasteiger partial charge in [-0.15, -0.1) is 0 Å². The molecule has 108 valence electrons. The van der Waals surface area contributed by atoms with Crippen molar-refractivity contribution in [3.63, 3.8) is 0 Å². The number of hydrogen-bond donors (Lipinski definition) is 1. The fourth-order valence-electron chi connectivity index (χ4n) is 2.43. The van der Waals surface area contributed by atoms with Gasteiger partial charge in [-0.05, 0) is 11.6 Å². The van der Waals surface area contributed by atoms with Crippen molar-refractivity contribution in [3.05, 3.63) is 66.9 Å². The van der Waals surface area contributed by atoms with Crippen molar-refractivity contribution >= 4 is 5.65 Å². The highest BCUT2D eigenvalue weighted by molar-refractivity contribution is 5.67. The van der Waals surface area contributed by atoms with E-state index in [4.69, 9.17) is 4.42 Å². The molecule has 0 amide bonds. The van der Waals surface area contributed by atoms with Crippen LogP contribution in [0.25, 0.3) is 28.2 Å². The van der Waals surface area contributed by atoms with Crippen molar-refractivity contribution in [1.82, 2.24) is 14.4 Å². The van der Waals surface area contributed by atoms with Gasteiger partial charge in [-0.1, -0.05) is 30.3 Å². The molecule has 1 aromatic carbocycles. The summed E-state index contributed by atoms with van der Waals surface area (Å²) < 4.78 is 7.21. The van der Waals surface area contributed by atoms with Crippen molar-refractivity contribution in [2.75, 3.05) is 0 Å². The van der Waals surface area contributed by atoms with Gasteiger partial charge < -0.3 is 13.9 Å². The molecule has 4 aromatic rings. The van der Waals surface area contributed by atoms with Gasteiger partial charge >= 0.3 is 0 Å². The first-order valence-electron chi connectivity index (χ1n) is 6.91. The van der Waals surface area contributed by atoms with Gasteiger partial charge in [-0.2, -0.15) is 0 Å². The molecule has 0 spiro atoms. The van der Waals surface area contributed by atoms with Crippen molar-refractivity contribution in [2.45, 2.75) is 6.61 Å². The third-order valence-corrected chi connectivity index (χ3v) is 3.59. The van der Waals surface area contributed by atoms with Gasteiger partial charge in [0.05, 0.1) is 18.5 Å². The maximum Gasteiger partial charge on any atom is 0.181 e. The van der Waals surface area contributed by atoms with Gasteiger partial charge in [0.2, 0.25) is 0 Å². The summed E-state index contributed by atoms with van der Waals surface area (Å²) in [6.45, 7) is 0.0231. The van der Waals surface area contributed by atoms with Gasteiger partial charge in [0.1, 0.15) is 5.65 Å². The van der Waals surface area contributed by atoms with Crippen LogP contribution in [0.1, 0.15) is 5.56 Å². The molecule has 0 aliphatic rings. The molecule has 22 heavy (non-hydrogen) atoms. The maximum atomic E-state index is 9.19. The van der Waals surface area contributed by atoms with Gasteiger partial charge in [-0.25, -0.2) is 9.97 Å². The molecule has 5 nitrogen and oxygen atoms in total. The first-order valence-corrected chi connectivity index (χ1v) is 6.91. The number of aliphatic hydroxyl groups excluding tert-OH is 1. The molecule has 0 saturated heterocycles. The zero-order chi connectivity index (χ0) is 14.9. The highest BCUT2D eigenvalue weighted by atomic mass is 16.3. The molecule has 0 radical (unpaired) electrons. The molecular weight excluding hydrogens is 278 g/mol. The van der Waals surface area contributed by atoms with E-state index >= 15 is 0 Å². The number of nitrogens with zero attached hydrogens (tertiary/aromatic N) is 3. The van der Waals surface area contributed by atoms with E-state index in [1.165, 1.54) is 6.39 Å². The minimum absolute atomic E-state index is 0.0231. The van der Waals surface area contributed by atoms with Crippen LogP contribution in [0.2, 0.25) is 0 Å². The monoisotopic (exact) mass is 291 g/mol. The molecule has 1 N–H and O–H groups in total. The average molecular weight is 291 g/mol. The molecule has 0 aliphatic heterocycles. The Morgan fingerprint density at radius 3 is 2.55 bits per heavy atom. The second-order valence-electron chi connectivity index (χ2n) is 5.03. The van der Waals surface area contributed by atoms with E-state index in [1.54, 1.807) is 6.20 Å². The summed E-state index contributed by atoms with van der Waals surface area (Å²) in [4.78, 5) is 8.52. The fraction of sp³-hybridized carbons (Fsp3) is 0.0588. The summed E-state index contributed by atoms with van der Waals surface area (Å²) in [5.41, 5.74) is 4.60. The van der Waals surface area contributed by atoms with E-state index in [0.29, 0.717) is 0 Å². The Bertz CT molecular complexity index is 909. The summed E-state index contributed by atoms with van der Waals surface area (Å²) in [6.07, 6.45) is 6.95. The number of aliphatic hydroxyl groups is 1. The van der Waals surface area contributed by atoms with Crippen molar-refractivity contribution in [3.8, 4) is 22.6 Å². The lowest BCUT2D eigenvalue weighted by Gasteiger charge is -1.98.